The fourth-order valence-corrected chi connectivity index (χ4v) is 3.44. The Bertz CT molecular complexity index is 287. The van der Waals surface area contributed by atoms with Gasteiger partial charge in [-0.3, -0.25) is 0 Å². The average molecular weight is 251 g/mol. The summed E-state index contributed by atoms with van der Waals surface area (Å²) >= 11 is 0. The fraction of sp³-hybridized carbons (Fsp3) is 1.00. The molecule has 1 fully saturated rings. The Kier molecular flexibility index (Phi) is 5.68. The average Bonchev–Trinajstić information content (AvgIpc) is 2.18. The smallest absolute Gasteiger partial charge is 0.216 e. The van der Waals surface area contributed by atoms with Gasteiger partial charge in [-0.2, -0.15) is 4.31 Å². The molecular formula is C10H21NO4S. The van der Waals surface area contributed by atoms with Gasteiger partial charge < -0.3 is 9.84 Å². The van der Waals surface area contributed by atoms with Crippen LogP contribution in [0.3, 0.4) is 0 Å². The molecule has 0 aliphatic heterocycles. The lowest BCUT2D eigenvalue weighted by molar-refractivity contribution is 0.191. The van der Waals surface area contributed by atoms with E-state index in [-0.39, 0.29) is 25.0 Å². The zero-order chi connectivity index (χ0) is 12.0. The van der Waals surface area contributed by atoms with E-state index in [1.807, 2.05) is 0 Å². The van der Waals surface area contributed by atoms with Gasteiger partial charge in [-0.1, -0.05) is 6.42 Å². The van der Waals surface area contributed by atoms with Crippen molar-refractivity contribution < 1.29 is 18.3 Å². The summed E-state index contributed by atoms with van der Waals surface area (Å²) < 4.78 is 30.3. The summed E-state index contributed by atoms with van der Waals surface area (Å²) in [4.78, 5) is 0. The Balaban J connectivity index is 2.58. The highest BCUT2D eigenvalue weighted by molar-refractivity contribution is 7.89. The van der Waals surface area contributed by atoms with Gasteiger partial charge in [0.25, 0.3) is 0 Å². The van der Waals surface area contributed by atoms with Crippen molar-refractivity contribution in [2.45, 2.75) is 31.7 Å². The van der Waals surface area contributed by atoms with E-state index >= 15 is 0 Å². The zero-order valence-corrected chi connectivity index (χ0v) is 10.6. The molecule has 0 aromatic carbocycles. The fourth-order valence-electron chi connectivity index (χ4n) is 1.76. The van der Waals surface area contributed by atoms with Gasteiger partial charge in [-0.05, 0) is 19.3 Å². The Morgan fingerprint density at radius 2 is 2.12 bits per heavy atom. The monoisotopic (exact) mass is 251 g/mol. The predicted octanol–water partition coefficient (Wildman–Crippen LogP) is 0.200. The summed E-state index contributed by atoms with van der Waals surface area (Å²) in [6.45, 7) is 0.681. The highest BCUT2D eigenvalue weighted by Crippen LogP contribution is 2.27. The third-order valence-electron chi connectivity index (χ3n) is 2.92. The van der Waals surface area contributed by atoms with Crippen LogP contribution in [0.5, 0.6) is 0 Å². The van der Waals surface area contributed by atoms with E-state index in [1.165, 1.54) is 7.11 Å². The molecule has 16 heavy (non-hydrogen) atoms. The largest absolute Gasteiger partial charge is 0.396 e. The number of ether oxygens (including phenoxy) is 1. The van der Waals surface area contributed by atoms with Crippen LogP contribution in [0, 0.1) is 0 Å². The van der Waals surface area contributed by atoms with Gasteiger partial charge in [0.05, 0.1) is 12.4 Å². The van der Waals surface area contributed by atoms with E-state index in [1.54, 1.807) is 4.31 Å². The van der Waals surface area contributed by atoms with Crippen molar-refractivity contribution in [2.24, 2.45) is 0 Å². The highest BCUT2D eigenvalue weighted by atomic mass is 32.2. The number of rotatable bonds is 8. The quantitative estimate of drug-likeness (QED) is 0.669. The van der Waals surface area contributed by atoms with Gasteiger partial charge >= 0.3 is 0 Å². The number of sulfonamides is 1. The molecule has 5 nitrogen and oxygen atoms in total. The number of hydrogen-bond donors (Lipinski definition) is 1. The lowest BCUT2D eigenvalue weighted by Gasteiger charge is -2.36. The molecule has 0 radical (unpaired) electrons. The molecule has 0 atom stereocenters. The zero-order valence-electron chi connectivity index (χ0n) is 9.76. The van der Waals surface area contributed by atoms with E-state index in [0.29, 0.717) is 13.0 Å². The minimum Gasteiger partial charge on any atom is -0.396 e. The number of nitrogens with zero attached hydrogens (tertiary/aromatic N) is 1. The third-order valence-corrected chi connectivity index (χ3v) is 4.80. The van der Waals surface area contributed by atoms with Gasteiger partial charge in [0.1, 0.15) is 0 Å². The normalized spacial score (nSPS) is 17.7. The van der Waals surface area contributed by atoms with Crippen molar-refractivity contribution in [2.75, 3.05) is 32.6 Å². The minimum absolute atomic E-state index is 0.0308. The second-order valence-corrected chi connectivity index (χ2v) is 6.12. The molecule has 1 aliphatic carbocycles. The Morgan fingerprint density at radius 3 is 2.56 bits per heavy atom. The van der Waals surface area contributed by atoms with Crippen LogP contribution < -0.4 is 0 Å². The van der Waals surface area contributed by atoms with E-state index in [2.05, 4.69) is 0 Å². The van der Waals surface area contributed by atoms with Gasteiger partial charge in [-0.15, -0.1) is 0 Å². The minimum atomic E-state index is -3.22. The molecule has 0 heterocycles. The molecule has 0 amide bonds. The Morgan fingerprint density at radius 1 is 1.44 bits per heavy atom. The molecule has 0 saturated heterocycles. The van der Waals surface area contributed by atoms with Crippen LogP contribution in [0.4, 0.5) is 0 Å². The van der Waals surface area contributed by atoms with Gasteiger partial charge in [0.15, 0.2) is 0 Å². The maximum atomic E-state index is 12.0. The number of aliphatic hydroxyl groups is 1. The lowest BCUT2D eigenvalue weighted by Crippen LogP contribution is -2.46. The first-order chi connectivity index (χ1) is 7.61. The molecule has 0 aromatic heterocycles. The third kappa shape index (κ3) is 3.69. The van der Waals surface area contributed by atoms with Crippen LogP contribution in [0.2, 0.25) is 0 Å². The first-order valence-corrected chi connectivity index (χ1v) is 7.32. The van der Waals surface area contributed by atoms with E-state index < -0.39 is 10.0 Å². The molecule has 0 bridgehead atoms. The van der Waals surface area contributed by atoms with E-state index in [9.17, 15) is 8.42 Å². The number of aliphatic hydroxyl groups excluding tert-OH is 1. The SMILES string of the molecule is COCCS(=O)(=O)N(CCCO)C1CCC1. The summed E-state index contributed by atoms with van der Waals surface area (Å²) in [6.07, 6.45) is 3.48. The van der Waals surface area contributed by atoms with Crippen LogP contribution in [0.1, 0.15) is 25.7 Å². The van der Waals surface area contributed by atoms with Crippen LogP contribution in [0.15, 0.2) is 0 Å². The maximum absolute atomic E-state index is 12.0. The molecule has 1 rings (SSSR count). The van der Waals surface area contributed by atoms with Crippen LogP contribution in [-0.2, 0) is 14.8 Å². The van der Waals surface area contributed by atoms with Crippen molar-refractivity contribution in [3.05, 3.63) is 0 Å². The summed E-state index contributed by atoms with van der Waals surface area (Å²) in [5.74, 6) is 0.0332. The summed E-state index contributed by atoms with van der Waals surface area (Å²) in [5, 5.41) is 8.78. The van der Waals surface area contributed by atoms with Crippen molar-refractivity contribution in [1.82, 2.24) is 4.31 Å². The van der Waals surface area contributed by atoms with Crippen molar-refractivity contribution in [1.29, 1.82) is 0 Å². The second kappa shape index (κ2) is 6.54. The second-order valence-electron chi connectivity index (χ2n) is 4.08. The van der Waals surface area contributed by atoms with Crippen LogP contribution in [0.25, 0.3) is 0 Å². The van der Waals surface area contributed by atoms with Gasteiger partial charge in [0.2, 0.25) is 10.0 Å². The molecule has 0 spiro atoms. The van der Waals surface area contributed by atoms with E-state index in [4.69, 9.17) is 9.84 Å². The molecule has 1 aliphatic rings. The standard InChI is InChI=1S/C10H21NO4S/c1-15-8-9-16(13,14)11(6-3-7-12)10-4-2-5-10/h10,12H,2-9H2,1H3. The number of hydrogen-bond acceptors (Lipinski definition) is 4. The lowest BCUT2D eigenvalue weighted by atomic mass is 9.93. The maximum Gasteiger partial charge on any atom is 0.216 e. The highest BCUT2D eigenvalue weighted by Gasteiger charge is 2.32. The topological polar surface area (TPSA) is 66.8 Å². The summed E-state index contributed by atoms with van der Waals surface area (Å²) in [7, 11) is -1.72. The first kappa shape index (κ1) is 13.9. The molecule has 1 saturated carbocycles. The molecule has 96 valence electrons. The Labute approximate surface area is 97.4 Å². The molecular weight excluding hydrogens is 230 g/mol. The summed E-state index contributed by atoms with van der Waals surface area (Å²) in [5.41, 5.74) is 0. The molecule has 6 heteroatoms. The summed E-state index contributed by atoms with van der Waals surface area (Å²) in [6, 6.07) is 0.147. The Hall–Kier alpha value is -0.170. The number of methoxy groups -OCH3 is 1. The first-order valence-electron chi connectivity index (χ1n) is 5.71. The van der Waals surface area contributed by atoms with Crippen molar-refractivity contribution in [3.8, 4) is 0 Å². The van der Waals surface area contributed by atoms with Crippen LogP contribution in [-0.4, -0.2) is 56.5 Å². The van der Waals surface area contributed by atoms with Gasteiger partial charge in [-0.25, -0.2) is 8.42 Å². The molecule has 1 N–H and O–H groups in total. The van der Waals surface area contributed by atoms with Crippen molar-refractivity contribution in [3.63, 3.8) is 0 Å². The van der Waals surface area contributed by atoms with Gasteiger partial charge in [0, 0.05) is 26.3 Å². The van der Waals surface area contributed by atoms with Crippen molar-refractivity contribution >= 4 is 10.0 Å². The van der Waals surface area contributed by atoms with E-state index in [0.717, 1.165) is 19.3 Å². The van der Waals surface area contributed by atoms with Crippen LogP contribution >= 0.6 is 0 Å². The predicted molar refractivity (Wildman–Crippen MR) is 61.7 cm³/mol. The molecule has 0 aromatic rings. The molecule has 0 unspecified atom stereocenters.